The molecule has 0 aliphatic carbocycles. The highest BCUT2D eigenvalue weighted by molar-refractivity contribution is 7.92. The van der Waals surface area contributed by atoms with E-state index in [9.17, 15) is 18.3 Å². The van der Waals surface area contributed by atoms with E-state index in [4.69, 9.17) is 16.3 Å². The molecule has 9 heteroatoms. The van der Waals surface area contributed by atoms with Crippen LogP contribution in [0.5, 0.6) is 5.75 Å². The van der Waals surface area contributed by atoms with E-state index < -0.39 is 15.6 Å². The largest absolute Gasteiger partial charge is 0.495 e. The first-order valence-corrected chi connectivity index (χ1v) is 10.3. The maximum absolute atomic E-state index is 12.5. The van der Waals surface area contributed by atoms with Gasteiger partial charge in [-0.05, 0) is 49.7 Å². The van der Waals surface area contributed by atoms with Gasteiger partial charge in [0.2, 0.25) is 5.91 Å². The van der Waals surface area contributed by atoms with Crippen molar-refractivity contribution in [3.63, 3.8) is 0 Å². The third-order valence-electron chi connectivity index (χ3n) is 3.88. The van der Waals surface area contributed by atoms with Crippen LogP contribution in [0.4, 0.5) is 5.69 Å². The fourth-order valence-electron chi connectivity index (χ4n) is 2.37. The van der Waals surface area contributed by atoms with Crippen molar-refractivity contribution in [2.24, 2.45) is 0 Å². The lowest BCUT2D eigenvalue weighted by Gasteiger charge is -2.23. The zero-order valence-corrected chi connectivity index (χ0v) is 17.4. The molecule has 0 spiro atoms. The van der Waals surface area contributed by atoms with Crippen LogP contribution >= 0.6 is 11.6 Å². The zero-order chi connectivity index (χ0) is 20.9. The van der Waals surface area contributed by atoms with E-state index in [2.05, 4.69) is 10.0 Å². The molecule has 0 saturated carbocycles. The predicted octanol–water partition coefficient (Wildman–Crippen LogP) is 2.58. The van der Waals surface area contributed by atoms with Gasteiger partial charge in [0, 0.05) is 5.69 Å². The first-order valence-electron chi connectivity index (χ1n) is 8.43. The molecule has 0 aromatic heterocycles. The molecule has 28 heavy (non-hydrogen) atoms. The first kappa shape index (κ1) is 22.0. The molecule has 3 N–H and O–H groups in total. The van der Waals surface area contributed by atoms with E-state index in [0.717, 1.165) is 0 Å². The lowest BCUT2D eigenvalue weighted by Crippen LogP contribution is -2.46. The molecule has 2 rings (SSSR count). The van der Waals surface area contributed by atoms with Crippen molar-refractivity contribution in [2.75, 3.05) is 18.4 Å². The molecule has 152 valence electrons. The van der Waals surface area contributed by atoms with E-state index in [1.54, 1.807) is 38.1 Å². The van der Waals surface area contributed by atoms with Gasteiger partial charge >= 0.3 is 0 Å². The second-order valence-corrected chi connectivity index (χ2v) is 8.96. The average molecular weight is 427 g/mol. The summed E-state index contributed by atoms with van der Waals surface area (Å²) in [5, 5.41) is 12.1. The normalized spacial score (nSPS) is 11.8. The van der Waals surface area contributed by atoms with E-state index in [0.29, 0.717) is 17.0 Å². The van der Waals surface area contributed by atoms with Crippen LogP contribution in [0, 0.1) is 0 Å². The van der Waals surface area contributed by atoms with E-state index in [1.807, 2.05) is 0 Å². The highest BCUT2D eigenvalue weighted by atomic mass is 35.5. The molecule has 0 saturated heterocycles. The second kappa shape index (κ2) is 8.81. The summed E-state index contributed by atoms with van der Waals surface area (Å²) in [5.41, 5.74) is 0.361. The number of ether oxygens (including phenoxy) is 1. The summed E-state index contributed by atoms with van der Waals surface area (Å²) in [6.45, 7) is 3.26. The number of methoxy groups -OCH3 is 1. The number of sulfonamides is 1. The number of hydrogen-bond acceptors (Lipinski definition) is 5. The van der Waals surface area contributed by atoms with Gasteiger partial charge < -0.3 is 15.2 Å². The zero-order valence-electron chi connectivity index (χ0n) is 15.8. The van der Waals surface area contributed by atoms with Crippen molar-refractivity contribution < 1.29 is 23.1 Å². The Morgan fingerprint density at radius 1 is 1.18 bits per heavy atom. The summed E-state index contributed by atoms with van der Waals surface area (Å²) in [4.78, 5) is 12.0. The number of rotatable bonds is 8. The quantitative estimate of drug-likeness (QED) is 0.601. The molecule has 0 aliphatic rings. The number of nitrogens with one attached hydrogen (secondary N) is 2. The summed E-state index contributed by atoms with van der Waals surface area (Å²) in [6, 6.07) is 10.6. The van der Waals surface area contributed by atoms with E-state index in [-0.39, 0.29) is 28.9 Å². The van der Waals surface area contributed by atoms with Crippen LogP contribution in [0.2, 0.25) is 5.02 Å². The van der Waals surface area contributed by atoms with Crippen molar-refractivity contribution in [3.05, 3.63) is 53.1 Å². The van der Waals surface area contributed by atoms with Crippen molar-refractivity contribution in [3.8, 4) is 5.75 Å². The smallest absolute Gasteiger partial charge is 0.261 e. The Balaban J connectivity index is 2.07. The van der Waals surface area contributed by atoms with Crippen LogP contribution in [0.1, 0.15) is 19.4 Å². The van der Waals surface area contributed by atoms with Crippen LogP contribution in [0.15, 0.2) is 47.4 Å². The average Bonchev–Trinajstić information content (AvgIpc) is 2.62. The van der Waals surface area contributed by atoms with Crippen LogP contribution in [-0.2, 0) is 21.2 Å². The van der Waals surface area contributed by atoms with Crippen LogP contribution in [0.25, 0.3) is 0 Å². The van der Waals surface area contributed by atoms with Gasteiger partial charge in [0.1, 0.15) is 5.75 Å². The maximum atomic E-state index is 12.5. The second-order valence-electron chi connectivity index (χ2n) is 6.87. The number of halogens is 1. The molecule has 2 aromatic rings. The van der Waals surface area contributed by atoms with Gasteiger partial charge in [0.15, 0.2) is 0 Å². The lowest BCUT2D eigenvalue weighted by molar-refractivity contribution is -0.122. The van der Waals surface area contributed by atoms with Crippen LogP contribution in [0.3, 0.4) is 0 Å². The standard InChI is InChI=1S/C19H23ClN2O5S/c1-19(2,12-23)21-18(24)10-13-4-6-14(7-5-13)22-28(25,26)15-8-9-17(27-3)16(20)11-15/h4-9,11,22-23H,10,12H2,1-3H3,(H,21,24). The fourth-order valence-corrected chi connectivity index (χ4v) is 3.77. The fraction of sp³-hybridized carbons (Fsp3) is 0.316. The highest BCUT2D eigenvalue weighted by Crippen LogP contribution is 2.28. The third-order valence-corrected chi connectivity index (χ3v) is 5.55. The Morgan fingerprint density at radius 3 is 2.36 bits per heavy atom. The Hall–Kier alpha value is -2.29. The molecule has 1 amide bonds. The summed E-state index contributed by atoms with van der Waals surface area (Å²) >= 11 is 5.99. The van der Waals surface area contributed by atoms with Crippen molar-refractivity contribution in [2.45, 2.75) is 30.7 Å². The molecular weight excluding hydrogens is 404 g/mol. The van der Waals surface area contributed by atoms with Gasteiger partial charge in [-0.25, -0.2) is 8.42 Å². The van der Waals surface area contributed by atoms with Gasteiger partial charge in [-0.2, -0.15) is 0 Å². The molecule has 2 aromatic carbocycles. The summed E-state index contributed by atoms with van der Waals surface area (Å²) in [6.07, 6.45) is 0.116. The number of carbonyl (C=O) groups excluding carboxylic acids is 1. The number of aliphatic hydroxyl groups excluding tert-OH is 1. The minimum Gasteiger partial charge on any atom is -0.495 e. The predicted molar refractivity (Wildman–Crippen MR) is 108 cm³/mol. The highest BCUT2D eigenvalue weighted by Gasteiger charge is 2.19. The summed E-state index contributed by atoms with van der Waals surface area (Å²) < 4.78 is 32.5. The number of aliphatic hydroxyl groups is 1. The van der Waals surface area contributed by atoms with Gasteiger partial charge in [0.05, 0.1) is 35.6 Å². The number of anilines is 1. The minimum absolute atomic E-state index is 0.00740. The number of hydrogen-bond donors (Lipinski definition) is 3. The van der Waals surface area contributed by atoms with Gasteiger partial charge in [-0.1, -0.05) is 23.7 Å². The van der Waals surface area contributed by atoms with E-state index in [1.165, 1.54) is 25.3 Å². The molecule has 0 atom stereocenters. The Bertz CT molecular complexity index is 943. The summed E-state index contributed by atoms with van der Waals surface area (Å²) in [7, 11) is -2.38. The lowest BCUT2D eigenvalue weighted by atomic mass is 10.1. The molecular formula is C19H23ClN2O5S. The van der Waals surface area contributed by atoms with Crippen molar-refractivity contribution in [1.82, 2.24) is 5.32 Å². The molecule has 0 radical (unpaired) electrons. The number of carbonyl (C=O) groups is 1. The minimum atomic E-state index is -3.82. The maximum Gasteiger partial charge on any atom is 0.261 e. The molecule has 0 bridgehead atoms. The molecule has 0 heterocycles. The Morgan fingerprint density at radius 2 is 1.82 bits per heavy atom. The van der Waals surface area contributed by atoms with Gasteiger partial charge in [0.25, 0.3) is 10.0 Å². The van der Waals surface area contributed by atoms with Crippen molar-refractivity contribution in [1.29, 1.82) is 0 Å². The SMILES string of the molecule is COc1ccc(S(=O)(=O)Nc2ccc(CC(=O)NC(C)(C)CO)cc2)cc1Cl. The molecule has 7 nitrogen and oxygen atoms in total. The molecule has 0 aliphatic heterocycles. The Labute approximate surface area is 169 Å². The Kier molecular flexibility index (Phi) is 6.92. The van der Waals surface area contributed by atoms with Crippen LogP contribution in [-0.4, -0.2) is 38.7 Å². The summed E-state index contributed by atoms with van der Waals surface area (Å²) in [5.74, 6) is 0.146. The third kappa shape index (κ3) is 5.85. The molecule has 0 unspecified atom stereocenters. The first-order chi connectivity index (χ1) is 13.1. The number of amides is 1. The van der Waals surface area contributed by atoms with Gasteiger partial charge in [-0.3, -0.25) is 9.52 Å². The van der Waals surface area contributed by atoms with Crippen molar-refractivity contribution >= 4 is 33.2 Å². The van der Waals surface area contributed by atoms with Gasteiger partial charge in [-0.15, -0.1) is 0 Å². The van der Waals surface area contributed by atoms with E-state index >= 15 is 0 Å². The topological polar surface area (TPSA) is 105 Å². The monoisotopic (exact) mass is 426 g/mol. The van der Waals surface area contributed by atoms with Crippen LogP contribution < -0.4 is 14.8 Å². The number of benzene rings is 2. The molecule has 0 fully saturated rings.